The molecule has 0 spiro atoms. The molecule has 1 unspecified atom stereocenters. The van der Waals surface area contributed by atoms with Gasteiger partial charge in [0.05, 0.1) is 6.61 Å². The number of nitrogens with one attached hydrogen (secondary N) is 1. The second-order valence-corrected chi connectivity index (χ2v) is 8.94. The molecule has 8 nitrogen and oxygen atoms in total. The van der Waals surface area contributed by atoms with Crippen LogP contribution in [0.2, 0.25) is 0 Å². The van der Waals surface area contributed by atoms with Crippen LogP contribution >= 0.6 is 23.5 Å². The highest BCUT2D eigenvalue weighted by molar-refractivity contribution is 9.10. The van der Waals surface area contributed by atoms with Crippen LogP contribution in [0.4, 0.5) is 0 Å². The predicted molar refractivity (Wildman–Crippen MR) is 103 cm³/mol. The van der Waals surface area contributed by atoms with E-state index in [4.69, 9.17) is 13.8 Å². The number of benzene rings is 1. The van der Waals surface area contributed by atoms with Gasteiger partial charge in [0.1, 0.15) is 11.9 Å². The van der Waals surface area contributed by atoms with E-state index in [9.17, 15) is 14.2 Å². The molecule has 0 amide bonds. The summed E-state index contributed by atoms with van der Waals surface area (Å²) in [5.74, 6) is 0.431. The summed E-state index contributed by atoms with van der Waals surface area (Å²) >= 11 is 3.31. The minimum atomic E-state index is -3.34. The van der Waals surface area contributed by atoms with Crippen LogP contribution < -0.4 is 15.8 Å². The first-order chi connectivity index (χ1) is 12.7. The van der Waals surface area contributed by atoms with Gasteiger partial charge in [0.25, 0.3) is 5.56 Å². The Labute approximate surface area is 163 Å². The number of H-pyrrole nitrogens is 1. The van der Waals surface area contributed by atoms with Crippen molar-refractivity contribution in [1.82, 2.24) is 9.55 Å². The van der Waals surface area contributed by atoms with Crippen molar-refractivity contribution in [2.24, 2.45) is 0 Å². The number of aromatic amines is 1. The van der Waals surface area contributed by atoms with E-state index in [0.717, 1.165) is 4.47 Å². The standard InChI is InChI=1S/C17H18BrN2O6P/c1-11-9-20(17(22)19-16(11)21)15-8-7-14(25-15)10-24-27(2,23)26-13-5-3-12(18)4-6-13/h3-9,14-15H,10H2,1-2H3,(H,19,21,22)/t14-,15+,27?/m0/s1. The third-order valence-corrected chi connectivity index (χ3v) is 5.47. The van der Waals surface area contributed by atoms with E-state index in [1.54, 1.807) is 43.3 Å². The van der Waals surface area contributed by atoms with Crippen LogP contribution in [0.25, 0.3) is 0 Å². The van der Waals surface area contributed by atoms with Gasteiger partial charge in [-0.3, -0.25) is 18.9 Å². The highest BCUT2D eigenvalue weighted by atomic mass is 79.9. The Balaban J connectivity index is 1.59. The molecule has 0 saturated heterocycles. The van der Waals surface area contributed by atoms with Crippen molar-refractivity contribution in [3.8, 4) is 5.75 Å². The first-order valence-electron chi connectivity index (χ1n) is 8.06. The molecule has 10 heteroatoms. The molecule has 0 fully saturated rings. The van der Waals surface area contributed by atoms with Gasteiger partial charge in [-0.1, -0.05) is 22.0 Å². The summed E-state index contributed by atoms with van der Waals surface area (Å²) in [6.45, 7) is 2.97. The van der Waals surface area contributed by atoms with Gasteiger partial charge in [-0.2, -0.15) is 0 Å². The first kappa shape index (κ1) is 19.8. The molecule has 3 atom stereocenters. The zero-order chi connectivity index (χ0) is 19.6. The summed E-state index contributed by atoms with van der Waals surface area (Å²) in [5.41, 5.74) is -0.607. The zero-order valence-corrected chi connectivity index (χ0v) is 17.1. The van der Waals surface area contributed by atoms with E-state index >= 15 is 0 Å². The lowest BCUT2D eigenvalue weighted by atomic mass is 10.3. The summed E-state index contributed by atoms with van der Waals surface area (Å²) < 4.78 is 31.2. The van der Waals surface area contributed by atoms with Crippen LogP contribution in [-0.2, 0) is 13.8 Å². The smallest absolute Gasteiger partial charge is 0.376 e. The molecule has 0 bridgehead atoms. The van der Waals surface area contributed by atoms with Crippen molar-refractivity contribution in [2.75, 3.05) is 13.3 Å². The van der Waals surface area contributed by atoms with E-state index in [2.05, 4.69) is 20.9 Å². The summed E-state index contributed by atoms with van der Waals surface area (Å²) in [6, 6.07) is 6.90. The Hall–Kier alpha value is -1.93. The predicted octanol–water partition coefficient (Wildman–Crippen LogP) is 2.98. The van der Waals surface area contributed by atoms with Crippen LogP contribution in [0.5, 0.6) is 5.75 Å². The number of hydrogen-bond acceptors (Lipinski definition) is 6. The highest BCUT2D eigenvalue weighted by Crippen LogP contribution is 2.45. The van der Waals surface area contributed by atoms with E-state index in [0.29, 0.717) is 11.3 Å². The van der Waals surface area contributed by atoms with E-state index in [1.807, 2.05) is 0 Å². The van der Waals surface area contributed by atoms with Crippen molar-refractivity contribution in [3.05, 3.63) is 73.5 Å². The van der Waals surface area contributed by atoms with Crippen molar-refractivity contribution < 1.29 is 18.3 Å². The number of aromatic nitrogens is 2. The summed E-state index contributed by atoms with van der Waals surface area (Å²) in [6.07, 6.45) is 3.63. The molecule has 1 aromatic heterocycles. The van der Waals surface area contributed by atoms with E-state index in [-0.39, 0.29) is 6.61 Å². The van der Waals surface area contributed by atoms with E-state index < -0.39 is 31.2 Å². The first-order valence-corrected chi connectivity index (χ1v) is 10.8. The lowest BCUT2D eigenvalue weighted by Crippen LogP contribution is -2.33. The van der Waals surface area contributed by atoms with Crippen LogP contribution in [-0.4, -0.2) is 28.9 Å². The molecular weight excluding hydrogens is 439 g/mol. The maximum absolute atomic E-state index is 12.5. The van der Waals surface area contributed by atoms with Gasteiger partial charge in [-0.05, 0) is 37.3 Å². The van der Waals surface area contributed by atoms with Crippen molar-refractivity contribution in [1.29, 1.82) is 0 Å². The molecular formula is C17H18BrN2O6P. The average molecular weight is 457 g/mol. The van der Waals surface area contributed by atoms with Gasteiger partial charge < -0.3 is 9.26 Å². The SMILES string of the molecule is Cc1cn([C@H]2C=C[C@@H](COP(C)(=O)Oc3ccc(Br)cc3)O2)c(=O)[nH]c1=O. The minimum absolute atomic E-state index is 0.00556. The Morgan fingerprint density at radius 1 is 1.26 bits per heavy atom. The number of ether oxygens (including phenoxy) is 1. The lowest BCUT2D eigenvalue weighted by molar-refractivity contribution is -0.00665. The Morgan fingerprint density at radius 2 is 1.96 bits per heavy atom. The average Bonchev–Trinajstić information content (AvgIpc) is 3.07. The second-order valence-electron chi connectivity index (χ2n) is 6.04. The third kappa shape index (κ3) is 5.07. The molecule has 3 rings (SSSR count). The Bertz CT molecular complexity index is 1010. The van der Waals surface area contributed by atoms with Crippen LogP contribution in [0.3, 0.4) is 0 Å². The normalized spacial score (nSPS) is 21.1. The van der Waals surface area contributed by atoms with Crippen molar-refractivity contribution in [2.45, 2.75) is 19.3 Å². The van der Waals surface area contributed by atoms with Crippen LogP contribution in [0, 0.1) is 6.92 Å². The molecule has 0 aliphatic carbocycles. The third-order valence-electron chi connectivity index (χ3n) is 3.78. The topological polar surface area (TPSA) is 99.6 Å². The number of rotatable bonds is 6. The maximum atomic E-state index is 12.5. The van der Waals surface area contributed by atoms with Gasteiger partial charge in [0.2, 0.25) is 0 Å². The van der Waals surface area contributed by atoms with Crippen LogP contribution in [0.1, 0.15) is 11.8 Å². The zero-order valence-electron chi connectivity index (χ0n) is 14.6. The van der Waals surface area contributed by atoms with Gasteiger partial charge in [-0.15, -0.1) is 0 Å². The molecule has 0 saturated carbocycles. The summed E-state index contributed by atoms with van der Waals surface area (Å²) in [7, 11) is -3.34. The van der Waals surface area contributed by atoms with Gasteiger partial charge in [0.15, 0.2) is 6.23 Å². The quantitative estimate of drug-likeness (QED) is 0.529. The molecule has 0 radical (unpaired) electrons. The number of nitrogens with zero attached hydrogens (tertiary/aromatic N) is 1. The van der Waals surface area contributed by atoms with Gasteiger partial charge in [-0.25, -0.2) is 9.36 Å². The Kier molecular flexibility index (Phi) is 5.86. The molecule has 144 valence electrons. The minimum Gasteiger partial charge on any atom is -0.425 e. The molecule has 2 aromatic rings. The lowest BCUT2D eigenvalue weighted by Gasteiger charge is -2.19. The molecule has 1 aliphatic heterocycles. The van der Waals surface area contributed by atoms with E-state index in [1.165, 1.54) is 17.4 Å². The number of hydrogen-bond donors (Lipinski definition) is 1. The molecule has 1 aliphatic rings. The van der Waals surface area contributed by atoms with Gasteiger partial charge in [0, 0.05) is 22.9 Å². The molecule has 2 heterocycles. The summed E-state index contributed by atoms with van der Waals surface area (Å²) in [4.78, 5) is 25.6. The fourth-order valence-electron chi connectivity index (χ4n) is 2.44. The highest BCUT2D eigenvalue weighted by Gasteiger charge is 2.26. The van der Waals surface area contributed by atoms with Crippen LogP contribution in [0.15, 0.2) is 56.7 Å². The largest absolute Gasteiger partial charge is 0.425 e. The van der Waals surface area contributed by atoms with Crippen molar-refractivity contribution >= 4 is 23.5 Å². The number of aryl methyl sites for hydroxylation is 1. The monoisotopic (exact) mass is 456 g/mol. The second kappa shape index (κ2) is 7.98. The molecule has 1 aromatic carbocycles. The fraction of sp³-hybridized carbons (Fsp3) is 0.294. The summed E-state index contributed by atoms with van der Waals surface area (Å²) in [5, 5.41) is 0. The molecule has 1 N–H and O–H groups in total. The molecule has 27 heavy (non-hydrogen) atoms. The number of halogens is 1. The van der Waals surface area contributed by atoms with Crippen molar-refractivity contribution in [3.63, 3.8) is 0 Å². The maximum Gasteiger partial charge on any atom is 0.376 e. The fourth-order valence-corrected chi connectivity index (χ4v) is 3.68. The Morgan fingerprint density at radius 3 is 2.67 bits per heavy atom. The van der Waals surface area contributed by atoms with Gasteiger partial charge >= 0.3 is 13.3 Å².